The molecular weight excluding hydrogens is 370 g/mol. The monoisotopic (exact) mass is 391 g/mol. The minimum absolute atomic E-state index is 0.0617. The van der Waals surface area contributed by atoms with Crippen molar-refractivity contribution < 1.29 is 9.21 Å². The van der Waals surface area contributed by atoms with Gasteiger partial charge < -0.3 is 8.98 Å². The highest BCUT2D eigenvalue weighted by Crippen LogP contribution is 2.35. The number of rotatable bonds is 5. The lowest BCUT2D eigenvalue weighted by Gasteiger charge is -2.13. The van der Waals surface area contributed by atoms with Gasteiger partial charge in [0.25, 0.3) is 5.91 Å². The molecule has 0 bridgehead atoms. The predicted molar refractivity (Wildman–Crippen MR) is 113 cm³/mol. The summed E-state index contributed by atoms with van der Waals surface area (Å²) in [5, 5.41) is 0.655. The van der Waals surface area contributed by atoms with Gasteiger partial charge in [0.1, 0.15) is 5.76 Å². The average molecular weight is 391 g/mol. The summed E-state index contributed by atoms with van der Waals surface area (Å²) in [5.41, 5.74) is 1.82. The fourth-order valence-electron chi connectivity index (χ4n) is 2.89. The number of aromatic nitrogens is 1. The molecule has 1 saturated heterocycles. The third-order valence-corrected chi connectivity index (χ3v) is 5.40. The van der Waals surface area contributed by atoms with Crippen molar-refractivity contribution in [1.82, 2.24) is 9.47 Å². The van der Waals surface area contributed by atoms with E-state index in [-0.39, 0.29) is 5.91 Å². The summed E-state index contributed by atoms with van der Waals surface area (Å²) < 4.78 is 7.57. The maximum absolute atomic E-state index is 13.1. The second-order valence-corrected chi connectivity index (χ2v) is 7.81. The van der Waals surface area contributed by atoms with Crippen molar-refractivity contribution >= 4 is 34.6 Å². The zero-order chi connectivity index (χ0) is 19.5. The van der Waals surface area contributed by atoms with Gasteiger partial charge in [-0.25, -0.2) is 4.99 Å². The number of thioether (sulfide) groups is 1. The van der Waals surface area contributed by atoms with E-state index in [2.05, 4.69) is 24.6 Å². The molecule has 3 heterocycles. The van der Waals surface area contributed by atoms with Gasteiger partial charge in [0.2, 0.25) is 0 Å². The van der Waals surface area contributed by atoms with E-state index in [1.807, 2.05) is 60.8 Å². The molecule has 0 unspecified atom stereocenters. The fraction of sp³-hybridized carbons (Fsp3) is 0.182. The van der Waals surface area contributed by atoms with Crippen LogP contribution in [-0.4, -0.2) is 20.5 Å². The van der Waals surface area contributed by atoms with Gasteiger partial charge in [-0.3, -0.25) is 9.69 Å². The van der Waals surface area contributed by atoms with Crippen LogP contribution in [0, 0.1) is 0 Å². The highest BCUT2D eigenvalue weighted by Gasteiger charge is 2.34. The topological polar surface area (TPSA) is 50.7 Å². The van der Waals surface area contributed by atoms with Crippen LogP contribution >= 0.6 is 11.8 Å². The lowest BCUT2D eigenvalue weighted by molar-refractivity contribution is -0.122. The molecule has 1 fully saturated rings. The average Bonchev–Trinajstić information content (AvgIpc) is 3.42. The number of amides is 1. The Morgan fingerprint density at radius 1 is 1.14 bits per heavy atom. The molecule has 3 aromatic rings. The first kappa shape index (κ1) is 18.4. The van der Waals surface area contributed by atoms with Crippen molar-refractivity contribution in [1.29, 1.82) is 0 Å². The molecule has 6 heteroatoms. The number of para-hydroxylation sites is 1. The Kier molecular flexibility index (Phi) is 5.21. The van der Waals surface area contributed by atoms with Crippen molar-refractivity contribution in [2.45, 2.75) is 26.4 Å². The van der Waals surface area contributed by atoms with Gasteiger partial charge in [-0.15, -0.1) is 0 Å². The van der Waals surface area contributed by atoms with Crippen LogP contribution in [0.3, 0.4) is 0 Å². The molecule has 2 aromatic heterocycles. The van der Waals surface area contributed by atoms with E-state index < -0.39 is 0 Å². The normalized spacial score (nSPS) is 17.4. The van der Waals surface area contributed by atoms with E-state index in [4.69, 9.17) is 9.41 Å². The first-order valence-corrected chi connectivity index (χ1v) is 9.97. The number of carbonyl (C=O) groups excluding carboxylic acids is 1. The minimum Gasteiger partial charge on any atom is -0.467 e. The smallest absolute Gasteiger partial charge is 0.267 e. The zero-order valence-corrected chi connectivity index (χ0v) is 16.6. The Labute approximate surface area is 168 Å². The molecule has 0 spiro atoms. The van der Waals surface area contributed by atoms with Gasteiger partial charge in [0, 0.05) is 18.4 Å². The van der Waals surface area contributed by atoms with Crippen molar-refractivity contribution in [3.05, 3.63) is 83.4 Å². The Morgan fingerprint density at radius 3 is 2.64 bits per heavy atom. The third-order valence-electron chi connectivity index (χ3n) is 4.39. The number of benzene rings is 1. The second-order valence-electron chi connectivity index (χ2n) is 6.80. The van der Waals surface area contributed by atoms with E-state index >= 15 is 0 Å². The summed E-state index contributed by atoms with van der Waals surface area (Å²) in [5.74, 6) is 0.662. The summed E-state index contributed by atoms with van der Waals surface area (Å²) in [6.07, 6.45) is 7.62. The molecule has 0 radical (unpaired) electrons. The molecule has 0 saturated carbocycles. The largest absolute Gasteiger partial charge is 0.467 e. The van der Waals surface area contributed by atoms with Crippen LogP contribution in [0.2, 0.25) is 0 Å². The molecule has 1 aliphatic heterocycles. The SMILES string of the molecule is CC(C)n1ccc(/C=C2/SC(=Nc3ccccc3)N(Cc3ccco3)C2=O)c1. The Bertz CT molecular complexity index is 1020. The molecule has 0 atom stereocenters. The molecule has 4 rings (SSSR count). The maximum atomic E-state index is 13.1. The van der Waals surface area contributed by atoms with Crippen LogP contribution < -0.4 is 0 Å². The van der Waals surface area contributed by atoms with E-state index in [1.165, 1.54) is 11.8 Å². The molecule has 1 aliphatic rings. The van der Waals surface area contributed by atoms with Crippen molar-refractivity contribution in [3.63, 3.8) is 0 Å². The lowest BCUT2D eigenvalue weighted by atomic mass is 10.3. The van der Waals surface area contributed by atoms with Crippen LogP contribution in [0.15, 0.2) is 81.5 Å². The zero-order valence-electron chi connectivity index (χ0n) is 15.8. The van der Waals surface area contributed by atoms with Crippen LogP contribution in [0.1, 0.15) is 31.2 Å². The van der Waals surface area contributed by atoms with Crippen LogP contribution in [0.5, 0.6) is 0 Å². The third kappa shape index (κ3) is 3.97. The van der Waals surface area contributed by atoms with Gasteiger partial charge in [-0.1, -0.05) is 18.2 Å². The van der Waals surface area contributed by atoms with Gasteiger partial charge >= 0.3 is 0 Å². The molecule has 142 valence electrons. The van der Waals surface area contributed by atoms with Gasteiger partial charge in [0.05, 0.1) is 23.4 Å². The van der Waals surface area contributed by atoms with E-state index in [0.717, 1.165) is 17.0 Å². The number of nitrogens with zero attached hydrogens (tertiary/aromatic N) is 3. The first-order valence-electron chi connectivity index (χ1n) is 9.15. The Hall–Kier alpha value is -2.99. The summed E-state index contributed by atoms with van der Waals surface area (Å²) in [6, 6.07) is 15.7. The van der Waals surface area contributed by atoms with E-state index in [1.54, 1.807) is 11.2 Å². The van der Waals surface area contributed by atoms with E-state index in [0.29, 0.717) is 22.7 Å². The number of furan rings is 1. The minimum atomic E-state index is -0.0617. The lowest BCUT2D eigenvalue weighted by Crippen LogP contribution is -2.28. The standard InChI is InChI=1S/C22H21N3O2S/c1-16(2)24-11-10-17(14-24)13-20-21(26)25(15-19-9-6-12-27-19)22(28-20)23-18-7-4-3-5-8-18/h3-14,16H,15H2,1-2H3/b20-13+,23-22?. The molecular formula is C22H21N3O2S. The highest BCUT2D eigenvalue weighted by molar-refractivity contribution is 8.18. The number of amidine groups is 1. The van der Waals surface area contributed by atoms with E-state index in [9.17, 15) is 4.79 Å². The van der Waals surface area contributed by atoms with Crippen molar-refractivity contribution in [2.75, 3.05) is 0 Å². The summed E-state index contributed by atoms with van der Waals surface area (Å²) in [6.45, 7) is 4.61. The Balaban J connectivity index is 1.66. The molecule has 1 aromatic carbocycles. The van der Waals surface area contributed by atoms with Crippen LogP contribution in [0.4, 0.5) is 5.69 Å². The number of hydrogen-bond acceptors (Lipinski definition) is 4. The van der Waals surface area contributed by atoms with Gasteiger partial charge in [0.15, 0.2) is 5.17 Å². The molecule has 0 N–H and O–H groups in total. The molecule has 1 amide bonds. The summed E-state index contributed by atoms with van der Waals surface area (Å²) >= 11 is 1.39. The quantitative estimate of drug-likeness (QED) is 0.542. The summed E-state index contributed by atoms with van der Waals surface area (Å²) in [4.78, 5) is 20.1. The predicted octanol–water partition coefficient (Wildman–Crippen LogP) is 5.47. The van der Waals surface area contributed by atoms with Crippen molar-refractivity contribution in [3.8, 4) is 0 Å². The second kappa shape index (κ2) is 7.94. The summed E-state index contributed by atoms with van der Waals surface area (Å²) in [7, 11) is 0. The van der Waals surface area contributed by atoms with Crippen LogP contribution in [-0.2, 0) is 11.3 Å². The highest BCUT2D eigenvalue weighted by atomic mass is 32.2. The first-order chi connectivity index (χ1) is 13.6. The van der Waals surface area contributed by atoms with Crippen molar-refractivity contribution in [2.24, 2.45) is 4.99 Å². The maximum Gasteiger partial charge on any atom is 0.267 e. The molecule has 5 nitrogen and oxygen atoms in total. The fourth-order valence-corrected chi connectivity index (χ4v) is 3.89. The number of hydrogen-bond donors (Lipinski definition) is 0. The van der Waals surface area contributed by atoms with Gasteiger partial charge in [-0.2, -0.15) is 0 Å². The van der Waals surface area contributed by atoms with Gasteiger partial charge in [-0.05, 0) is 67.6 Å². The Morgan fingerprint density at radius 2 is 1.96 bits per heavy atom. The number of carbonyl (C=O) groups is 1. The van der Waals surface area contributed by atoms with Crippen LogP contribution in [0.25, 0.3) is 6.08 Å². The number of aliphatic imine (C=N–C) groups is 1. The molecule has 0 aliphatic carbocycles. The molecule has 28 heavy (non-hydrogen) atoms.